The van der Waals surface area contributed by atoms with Crippen LogP contribution in [0.1, 0.15) is 25.3 Å². The number of ether oxygens (including phenoxy) is 1. The maximum absolute atomic E-state index is 12.0. The van der Waals surface area contributed by atoms with E-state index in [2.05, 4.69) is 16.6 Å². The molecule has 0 amide bonds. The molecule has 0 aliphatic heterocycles. The summed E-state index contributed by atoms with van der Waals surface area (Å²) >= 11 is 0. The van der Waals surface area contributed by atoms with Crippen LogP contribution in [0.15, 0.2) is 24.3 Å². The highest BCUT2D eigenvalue weighted by Crippen LogP contribution is 2.23. The average Bonchev–Trinajstić information content (AvgIpc) is 2.37. The third-order valence-corrected chi connectivity index (χ3v) is 2.81. The van der Waals surface area contributed by atoms with Gasteiger partial charge in [-0.25, -0.2) is 0 Å². The van der Waals surface area contributed by atoms with Crippen molar-refractivity contribution >= 4 is 0 Å². The standard InChI is InChI=1S/C14H20F3NO2/c1-2-3-8-18(9-10-19)11-12-4-6-13(7-5-12)20-14(15,16)17/h4-7,19H,2-3,8-11H2,1H3. The second kappa shape index (κ2) is 8.11. The van der Waals surface area contributed by atoms with Gasteiger partial charge in [0.15, 0.2) is 0 Å². The van der Waals surface area contributed by atoms with Gasteiger partial charge in [-0.3, -0.25) is 4.90 Å². The van der Waals surface area contributed by atoms with Crippen molar-refractivity contribution in [3.63, 3.8) is 0 Å². The van der Waals surface area contributed by atoms with Gasteiger partial charge in [0.05, 0.1) is 6.61 Å². The fourth-order valence-electron chi connectivity index (χ4n) is 1.85. The van der Waals surface area contributed by atoms with E-state index in [1.165, 1.54) is 12.1 Å². The summed E-state index contributed by atoms with van der Waals surface area (Å²) < 4.78 is 39.9. The van der Waals surface area contributed by atoms with Crippen LogP contribution in [0.25, 0.3) is 0 Å². The van der Waals surface area contributed by atoms with Gasteiger partial charge in [0.25, 0.3) is 0 Å². The average molecular weight is 291 g/mol. The SMILES string of the molecule is CCCCN(CCO)Cc1ccc(OC(F)(F)F)cc1. The fraction of sp³-hybridized carbons (Fsp3) is 0.571. The molecule has 1 aromatic carbocycles. The van der Waals surface area contributed by atoms with Crippen LogP contribution in [-0.4, -0.2) is 36.1 Å². The normalized spacial score (nSPS) is 11.9. The van der Waals surface area contributed by atoms with E-state index in [9.17, 15) is 13.2 Å². The van der Waals surface area contributed by atoms with Crippen LogP contribution >= 0.6 is 0 Å². The van der Waals surface area contributed by atoms with Gasteiger partial charge in [-0.1, -0.05) is 25.5 Å². The van der Waals surface area contributed by atoms with Crippen LogP contribution in [-0.2, 0) is 6.54 Å². The number of hydrogen-bond donors (Lipinski definition) is 1. The number of rotatable bonds is 8. The smallest absolute Gasteiger partial charge is 0.406 e. The molecule has 1 N–H and O–H groups in total. The number of benzene rings is 1. The van der Waals surface area contributed by atoms with Crippen molar-refractivity contribution in [3.05, 3.63) is 29.8 Å². The zero-order valence-electron chi connectivity index (χ0n) is 11.5. The molecule has 0 unspecified atom stereocenters. The molecule has 0 aliphatic rings. The number of halogens is 3. The Morgan fingerprint density at radius 3 is 2.30 bits per heavy atom. The van der Waals surface area contributed by atoms with E-state index in [1.54, 1.807) is 12.1 Å². The van der Waals surface area contributed by atoms with E-state index >= 15 is 0 Å². The largest absolute Gasteiger partial charge is 0.573 e. The van der Waals surface area contributed by atoms with Crippen LogP contribution in [0.5, 0.6) is 5.75 Å². The maximum Gasteiger partial charge on any atom is 0.573 e. The molecule has 0 saturated heterocycles. The number of nitrogens with zero attached hydrogens (tertiary/aromatic N) is 1. The fourth-order valence-corrected chi connectivity index (χ4v) is 1.85. The quantitative estimate of drug-likeness (QED) is 0.798. The molecule has 1 rings (SSSR count). The Hall–Kier alpha value is -1.27. The van der Waals surface area contributed by atoms with Crippen LogP contribution in [0.2, 0.25) is 0 Å². The molecular weight excluding hydrogens is 271 g/mol. The molecule has 0 saturated carbocycles. The van der Waals surface area contributed by atoms with Crippen molar-refractivity contribution < 1.29 is 23.0 Å². The summed E-state index contributed by atoms with van der Waals surface area (Å²) in [5.41, 5.74) is 0.893. The Morgan fingerprint density at radius 1 is 1.15 bits per heavy atom. The molecule has 20 heavy (non-hydrogen) atoms. The van der Waals surface area contributed by atoms with Gasteiger partial charge in [0.1, 0.15) is 5.75 Å². The minimum Gasteiger partial charge on any atom is -0.406 e. The van der Waals surface area contributed by atoms with Gasteiger partial charge in [0.2, 0.25) is 0 Å². The van der Waals surface area contributed by atoms with Gasteiger partial charge >= 0.3 is 6.36 Å². The van der Waals surface area contributed by atoms with Gasteiger partial charge in [-0.15, -0.1) is 13.2 Å². The van der Waals surface area contributed by atoms with Gasteiger partial charge in [-0.2, -0.15) is 0 Å². The first-order chi connectivity index (χ1) is 9.44. The molecule has 0 heterocycles. The highest BCUT2D eigenvalue weighted by atomic mass is 19.4. The van der Waals surface area contributed by atoms with Crippen molar-refractivity contribution in [1.82, 2.24) is 4.90 Å². The molecule has 0 bridgehead atoms. The predicted octanol–water partition coefficient (Wildman–Crippen LogP) is 3.18. The molecule has 114 valence electrons. The summed E-state index contributed by atoms with van der Waals surface area (Å²) in [6.07, 6.45) is -2.58. The zero-order valence-corrected chi connectivity index (χ0v) is 11.5. The summed E-state index contributed by atoms with van der Waals surface area (Å²) in [6.45, 7) is 4.17. The lowest BCUT2D eigenvalue weighted by Gasteiger charge is -2.21. The van der Waals surface area contributed by atoms with Gasteiger partial charge < -0.3 is 9.84 Å². The van der Waals surface area contributed by atoms with Crippen LogP contribution < -0.4 is 4.74 Å². The minimum atomic E-state index is -4.66. The van der Waals surface area contributed by atoms with Crippen molar-refractivity contribution in [2.24, 2.45) is 0 Å². The first-order valence-corrected chi connectivity index (χ1v) is 6.62. The zero-order chi connectivity index (χ0) is 15.0. The molecule has 0 aromatic heterocycles. The minimum absolute atomic E-state index is 0.0684. The van der Waals surface area contributed by atoms with E-state index in [1.807, 2.05) is 0 Å². The number of alkyl halides is 3. The maximum atomic E-state index is 12.0. The van der Waals surface area contributed by atoms with Crippen molar-refractivity contribution in [2.75, 3.05) is 19.7 Å². The summed E-state index contributed by atoms with van der Waals surface area (Å²) in [6, 6.07) is 5.83. The van der Waals surface area contributed by atoms with E-state index < -0.39 is 6.36 Å². The molecule has 6 heteroatoms. The lowest BCUT2D eigenvalue weighted by molar-refractivity contribution is -0.274. The van der Waals surface area contributed by atoms with E-state index in [4.69, 9.17) is 5.11 Å². The lowest BCUT2D eigenvalue weighted by Crippen LogP contribution is -2.27. The molecule has 0 spiro atoms. The first kappa shape index (κ1) is 16.8. The second-order valence-corrected chi connectivity index (χ2v) is 4.55. The summed E-state index contributed by atoms with van der Waals surface area (Å²) in [4.78, 5) is 2.07. The lowest BCUT2D eigenvalue weighted by atomic mass is 10.2. The summed E-state index contributed by atoms with van der Waals surface area (Å²) in [7, 11) is 0. The molecule has 3 nitrogen and oxygen atoms in total. The Bertz CT molecular complexity index is 379. The van der Waals surface area contributed by atoms with Crippen LogP contribution in [0, 0.1) is 0 Å². The number of aliphatic hydroxyl groups is 1. The monoisotopic (exact) mass is 291 g/mol. The molecule has 0 aliphatic carbocycles. The number of aliphatic hydroxyl groups excluding tert-OH is 1. The Kier molecular flexibility index (Phi) is 6.81. The molecule has 1 aromatic rings. The van der Waals surface area contributed by atoms with Crippen molar-refractivity contribution in [1.29, 1.82) is 0 Å². The molecule has 0 radical (unpaired) electrons. The third kappa shape index (κ3) is 6.77. The topological polar surface area (TPSA) is 32.7 Å². The third-order valence-electron chi connectivity index (χ3n) is 2.81. The van der Waals surface area contributed by atoms with Crippen LogP contribution in [0.4, 0.5) is 13.2 Å². The van der Waals surface area contributed by atoms with Gasteiger partial charge in [-0.05, 0) is 30.7 Å². The van der Waals surface area contributed by atoms with E-state index in [-0.39, 0.29) is 12.4 Å². The number of unbranched alkanes of at least 4 members (excludes halogenated alkanes) is 1. The second-order valence-electron chi connectivity index (χ2n) is 4.55. The molecule has 0 atom stereocenters. The van der Waals surface area contributed by atoms with Gasteiger partial charge in [0, 0.05) is 13.1 Å². The van der Waals surface area contributed by atoms with E-state index in [0.717, 1.165) is 24.9 Å². The van der Waals surface area contributed by atoms with Crippen molar-refractivity contribution in [2.45, 2.75) is 32.7 Å². The van der Waals surface area contributed by atoms with Crippen LogP contribution in [0.3, 0.4) is 0 Å². The number of hydrogen-bond acceptors (Lipinski definition) is 3. The highest BCUT2D eigenvalue weighted by Gasteiger charge is 2.30. The summed E-state index contributed by atoms with van der Waals surface area (Å²) in [5.74, 6) is -0.219. The molecule has 0 fully saturated rings. The first-order valence-electron chi connectivity index (χ1n) is 6.62. The van der Waals surface area contributed by atoms with E-state index in [0.29, 0.717) is 13.1 Å². The Labute approximate surface area is 117 Å². The molecular formula is C14H20F3NO2. The Morgan fingerprint density at radius 2 is 1.80 bits per heavy atom. The predicted molar refractivity (Wildman–Crippen MR) is 70.4 cm³/mol. The highest BCUT2D eigenvalue weighted by molar-refractivity contribution is 5.27. The Balaban J connectivity index is 2.58. The summed E-state index contributed by atoms with van der Waals surface area (Å²) in [5, 5.41) is 9.00. The van der Waals surface area contributed by atoms with Crippen molar-refractivity contribution in [3.8, 4) is 5.75 Å².